The van der Waals surface area contributed by atoms with Gasteiger partial charge in [0.2, 0.25) is 5.65 Å². The number of rotatable bonds is 8. The van der Waals surface area contributed by atoms with Gasteiger partial charge in [-0.2, -0.15) is 4.40 Å². The summed E-state index contributed by atoms with van der Waals surface area (Å²) < 4.78 is 12.9. The Bertz CT molecular complexity index is 1160. The van der Waals surface area contributed by atoms with Gasteiger partial charge in [0.05, 0.1) is 22.2 Å². The van der Waals surface area contributed by atoms with Crippen molar-refractivity contribution in [3.05, 3.63) is 72.9 Å². The minimum Gasteiger partial charge on any atom is -0.465 e. The average molecular weight is 569 g/mol. The fourth-order valence-electron chi connectivity index (χ4n) is 3.47. The molecule has 2 aromatic heterocycles. The van der Waals surface area contributed by atoms with Gasteiger partial charge in [-0.05, 0) is 62.3 Å². The van der Waals surface area contributed by atoms with E-state index < -0.39 is 28.7 Å². The Kier molecular flexibility index (Phi) is 7.29. The van der Waals surface area contributed by atoms with E-state index in [0.717, 1.165) is 0 Å². The number of benzene rings is 1. The molecule has 0 amide bonds. The second-order valence-corrected chi connectivity index (χ2v) is 8.50. The van der Waals surface area contributed by atoms with Crippen molar-refractivity contribution in [2.45, 2.75) is 25.7 Å². The number of halogens is 2. The molecule has 0 aliphatic carbocycles. The lowest BCUT2D eigenvalue weighted by atomic mass is 9.76. The second-order valence-electron chi connectivity index (χ2n) is 6.73. The smallest absolute Gasteiger partial charge is 0.351 e. The maximum Gasteiger partial charge on any atom is 0.351 e. The summed E-state index contributed by atoms with van der Waals surface area (Å²) >= 11 is 6.67. The number of fused-ring (bicyclic) bond motifs is 1. The Balaban J connectivity index is 2.32. The number of nitro groups is 1. The number of ether oxygens (including phenoxy) is 2. The minimum absolute atomic E-state index is 0.0125. The summed E-state index contributed by atoms with van der Waals surface area (Å²) in [4.78, 5) is 42.3. The molecule has 3 rings (SSSR count). The van der Waals surface area contributed by atoms with Crippen molar-refractivity contribution >= 4 is 55.3 Å². The SMILES string of the molecule is CCOC(=O)C(Cc1nc2c(Br)cc(Br)cn2c1[N+](=O)[O-])(C(=O)OCC)c1ccccc1. The van der Waals surface area contributed by atoms with Crippen molar-refractivity contribution in [3.63, 3.8) is 0 Å². The standard InChI is InChI=1S/C21H19Br2N3O6/c1-3-31-19(27)21(20(28)32-4-2,13-8-6-5-7-9-13)11-16-18(26(29)30)25-12-14(22)10-15(23)17(25)24-16/h5-10,12H,3-4,11H2,1-2H3. The van der Waals surface area contributed by atoms with Gasteiger partial charge in [0, 0.05) is 6.42 Å². The lowest BCUT2D eigenvalue weighted by Crippen LogP contribution is -2.48. The van der Waals surface area contributed by atoms with Gasteiger partial charge in [-0.1, -0.05) is 30.3 Å². The van der Waals surface area contributed by atoms with Crippen LogP contribution in [0.2, 0.25) is 0 Å². The van der Waals surface area contributed by atoms with E-state index in [1.54, 1.807) is 50.2 Å². The van der Waals surface area contributed by atoms with E-state index in [4.69, 9.17) is 9.47 Å². The zero-order valence-corrected chi connectivity index (χ0v) is 20.4. The first-order chi connectivity index (χ1) is 15.3. The van der Waals surface area contributed by atoms with Crippen LogP contribution in [0.15, 0.2) is 51.5 Å². The third kappa shape index (κ3) is 4.26. The summed E-state index contributed by atoms with van der Waals surface area (Å²) in [5.74, 6) is -2.09. The van der Waals surface area contributed by atoms with E-state index in [1.165, 1.54) is 10.6 Å². The van der Waals surface area contributed by atoms with Crippen molar-refractivity contribution in [3.8, 4) is 0 Å². The Morgan fingerprint density at radius 1 is 1.12 bits per heavy atom. The van der Waals surface area contributed by atoms with E-state index in [2.05, 4.69) is 36.8 Å². The number of hydrogen-bond acceptors (Lipinski definition) is 7. The highest BCUT2D eigenvalue weighted by atomic mass is 79.9. The van der Waals surface area contributed by atoms with Gasteiger partial charge in [0.1, 0.15) is 11.9 Å². The molecule has 0 bridgehead atoms. The van der Waals surface area contributed by atoms with Gasteiger partial charge in [-0.25, -0.2) is 4.98 Å². The first-order valence-electron chi connectivity index (χ1n) is 9.66. The third-order valence-corrected chi connectivity index (χ3v) is 5.82. The lowest BCUT2D eigenvalue weighted by molar-refractivity contribution is -0.391. The van der Waals surface area contributed by atoms with Gasteiger partial charge in [-0.3, -0.25) is 9.59 Å². The topological polar surface area (TPSA) is 113 Å². The Labute approximate surface area is 200 Å². The maximum absolute atomic E-state index is 13.3. The highest BCUT2D eigenvalue weighted by Gasteiger charge is 2.52. The quantitative estimate of drug-likeness (QED) is 0.171. The van der Waals surface area contributed by atoms with Crippen molar-refractivity contribution in [2.75, 3.05) is 13.2 Å². The Hall–Kier alpha value is -2.79. The molecule has 0 spiro atoms. The molecular formula is C21H19Br2N3O6. The molecule has 2 heterocycles. The van der Waals surface area contributed by atoms with E-state index in [-0.39, 0.29) is 30.4 Å². The van der Waals surface area contributed by atoms with Crippen LogP contribution in [-0.4, -0.2) is 39.5 Å². The Morgan fingerprint density at radius 3 is 2.25 bits per heavy atom. The molecular weight excluding hydrogens is 550 g/mol. The second kappa shape index (κ2) is 9.78. The number of carbonyl (C=O) groups excluding carboxylic acids is 2. The monoisotopic (exact) mass is 567 g/mol. The largest absolute Gasteiger partial charge is 0.465 e. The van der Waals surface area contributed by atoms with Crippen LogP contribution in [0.3, 0.4) is 0 Å². The average Bonchev–Trinajstić information content (AvgIpc) is 3.11. The van der Waals surface area contributed by atoms with Crippen molar-refractivity contribution in [1.82, 2.24) is 9.38 Å². The van der Waals surface area contributed by atoms with Crippen LogP contribution >= 0.6 is 31.9 Å². The highest BCUT2D eigenvalue weighted by molar-refractivity contribution is 9.11. The molecule has 3 aromatic rings. The van der Waals surface area contributed by atoms with Gasteiger partial charge >= 0.3 is 17.8 Å². The third-order valence-electron chi connectivity index (χ3n) is 4.81. The summed E-state index contributed by atoms with van der Waals surface area (Å²) in [5.41, 5.74) is -1.47. The summed E-state index contributed by atoms with van der Waals surface area (Å²) in [6.45, 7) is 3.25. The van der Waals surface area contributed by atoms with Crippen molar-refractivity contribution < 1.29 is 24.0 Å². The van der Waals surface area contributed by atoms with Gasteiger partial charge < -0.3 is 19.6 Å². The predicted octanol–water partition coefficient (Wildman–Crippen LogP) is 4.37. The molecule has 0 unspecified atom stereocenters. The van der Waals surface area contributed by atoms with E-state index in [9.17, 15) is 19.7 Å². The van der Waals surface area contributed by atoms with Crippen molar-refractivity contribution in [1.29, 1.82) is 0 Å². The first-order valence-corrected chi connectivity index (χ1v) is 11.2. The zero-order chi connectivity index (χ0) is 23.5. The van der Waals surface area contributed by atoms with Crippen LogP contribution in [-0.2, 0) is 30.9 Å². The molecule has 32 heavy (non-hydrogen) atoms. The normalized spacial score (nSPS) is 11.4. The number of esters is 2. The van der Waals surface area contributed by atoms with Crippen LogP contribution < -0.4 is 0 Å². The minimum atomic E-state index is -1.97. The lowest BCUT2D eigenvalue weighted by Gasteiger charge is -2.29. The first kappa shape index (κ1) is 23.9. The summed E-state index contributed by atoms with van der Waals surface area (Å²) in [6.07, 6.45) is 1.07. The molecule has 11 heteroatoms. The molecule has 0 fully saturated rings. The fraction of sp³-hybridized carbons (Fsp3) is 0.286. The summed E-state index contributed by atoms with van der Waals surface area (Å²) in [6, 6.07) is 9.91. The Morgan fingerprint density at radius 2 is 1.72 bits per heavy atom. The van der Waals surface area contributed by atoms with Crippen molar-refractivity contribution in [2.24, 2.45) is 0 Å². The molecule has 0 atom stereocenters. The fourth-order valence-corrected chi connectivity index (χ4v) is 4.73. The molecule has 1 aromatic carbocycles. The number of hydrogen-bond donors (Lipinski definition) is 0. The number of aromatic nitrogens is 2. The molecule has 0 saturated heterocycles. The number of nitrogens with zero attached hydrogens (tertiary/aromatic N) is 3. The van der Waals surface area contributed by atoms with Crippen LogP contribution in [0.5, 0.6) is 0 Å². The van der Waals surface area contributed by atoms with Gasteiger partial charge in [0.15, 0.2) is 5.41 Å². The van der Waals surface area contributed by atoms with E-state index >= 15 is 0 Å². The maximum atomic E-state index is 13.3. The highest BCUT2D eigenvalue weighted by Crippen LogP contribution is 2.36. The number of imidazole rings is 1. The molecule has 0 aliphatic heterocycles. The number of pyridine rings is 1. The molecule has 9 nitrogen and oxygen atoms in total. The van der Waals surface area contributed by atoms with Gasteiger partial charge in [-0.15, -0.1) is 0 Å². The molecule has 168 valence electrons. The van der Waals surface area contributed by atoms with E-state index in [1.807, 2.05) is 0 Å². The van der Waals surface area contributed by atoms with Crippen LogP contribution in [0.1, 0.15) is 25.1 Å². The van der Waals surface area contributed by atoms with Gasteiger partial charge in [0.25, 0.3) is 0 Å². The summed E-state index contributed by atoms with van der Waals surface area (Å²) in [7, 11) is 0. The van der Waals surface area contributed by atoms with Crippen LogP contribution in [0.4, 0.5) is 5.82 Å². The predicted molar refractivity (Wildman–Crippen MR) is 122 cm³/mol. The van der Waals surface area contributed by atoms with Crippen LogP contribution in [0.25, 0.3) is 5.65 Å². The molecule has 0 radical (unpaired) electrons. The van der Waals surface area contributed by atoms with E-state index in [0.29, 0.717) is 14.5 Å². The van der Waals surface area contributed by atoms with Crippen LogP contribution in [0, 0.1) is 10.1 Å². The zero-order valence-electron chi connectivity index (χ0n) is 17.2. The molecule has 0 saturated carbocycles. The number of carbonyl (C=O) groups is 2. The summed E-state index contributed by atoms with van der Waals surface area (Å²) in [5, 5.41) is 12.0. The molecule has 0 aliphatic rings. The molecule has 0 N–H and O–H groups in total.